The number of nitrogens with zero attached hydrogens (tertiary/aromatic N) is 2. The third kappa shape index (κ3) is 4.02. The van der Waals surface area contributed by atoms with E-state index in [9.17, 15) is 4.79 Å². The first-order valence-electron chi connectivity index (χ1n) is 9.13. The van der Waals surface area contributed by atoms with Crippen LogP contribution in [0.4, 0.5) is 0 Å². The van der Waals surface area contributed by atoms with E-state index < -0.39 is 0 Å². The van der Waals surface area contributed by atoms with Gasteiger partial charge >= 0.3 is 0 Å². The molecule has 1 aliphatic rings. The molecule has 7 heteroatoms. The Bertz CT molecular complexity index is 1120. The second-order valence-corrected chi connectivity index (χ2v) is 8.24. The lowest BCUT2D eigenvalue weighted by atomic mass is 10.1. The van der Waals surface area contributed by atoms with Gasteiger partial charge in [0.25, 0.3) is 5.91 Å². The molecule has 0 aliphatic carbocycles. The summed E-state index contributed by atoms with van der Waals surface area (Å²) in [6, 6.07) is 15.7. The van der Waals surface area contributed by atoms with Crippen molar-refractivity contribution in [3.8, 4) is 11.5 Å². The van der Waals surface area contributed by atoms with Crippen molar-refractivity contribution in [2.24, 2.45) is 0 Å². The fraction of sp³-hybridized carbons (Fsp3) is 0.182. The predicted octanol–water partition coefficient (Wildman–Crippen LogP) is 4.56. The molecule has 29 heavy (non-hydrogen) atoms. The molecular formula is C22H20N2O3S2. The fourth-order valence-corrected chi connectivity index (χ4v) is 4.39. The Morgan fingerprint density at radius 3 is 2.69 bits per heavy atom. The highest BCUT2D eigenvalue weighted by Gasteiger charge is 2.29. The van der Waals surface area contributed by atoms with E-state index >= 15 is 0 Å². The molecule has 0 saturated carbocycles. The number of likely N-dealkylation sites (N-methyl/N-ethyl adjacent to an activating group) is 1. The van der Waals surface area contributed by atoms with Crippen LogP contribution in [0.15, 0.2) is 59.6 Å². The monoisotopic (exact) mass is 424 g/mol. The Labute approximate surface area is 178 Å². The molecule has 0 spiro atoms. The van der Waals surface area contributed by atoms with Gasteiger partial charge in [0.15, 0.2) is 0 Å². The first-order valence-corrected chi connectivity index (χ1v) is 10.4. The zero-order valence-electron chi connectivity index (χ0n) is 16.1. The molecule has 2 heterocycles. The van der Waals surface area contributed by atoms with Crippen molar-refractivity contribution < 1.29 is 14.3 Å². The second-order valence-electron chi connectivity index (χ2n) is 6.56. The van der Waals surface area contributed by atoms with Gasteiger partial charge in [-0.1, -0.05) is 48.2 Å². The Morgan fingerprint density at radius 2 is 1.93 bits per heavy atom. The number of ether oxygens (including phenoxy) is 2. The maximum Gasteiger partial charge on any atom is 0.265 e. The second kappa shape index (κ2) is 8.31. The predicted molar refractivity (Wildman–Crippen MR) is 121 cm³/mol. The number of thioether (sulfide) groups is 1. The van der Waals surface area contributed by atoms with E-state index in [1.807, 2.05) is 42.5 Å². The molecule has 0 atom stereocenters. The van der Waals surface area contributed by atoms with Crippen molar-refractivity contribution in [3.63, 3.8) is 0 Å². The minimum atomic E-state index is -0.0572. The summed E-state index contributed by atoms with van der Waals surface area (Å²) in [5.74, 6) is 1.48. The van der Waals surface area contributed by atoms with Crippen LogP contribution in [0.3, 0.4) is 0 Å². The van der Waals surface area contributed by atoms with Gasteiger partial charge in [-0.15, -0.1) is 0 Å². The lowest BCUT2D eigenvalue weighted by Crippen LogP contribution is -2.22. The van der Waals surface area contributed by atoms with E-state index in [-0.39, 0.29) is 5.91 Å². The molecule has 5 nitrogen and oxygen atoms in total. The first-order chi connectivity index (χ1) is 14.1. The molecule has 2 aromatic carbocycles. The van der Waals surface area contributed by atoms with E-state index in [0.717, 1.165) is 28.0 Å². The molecule has 1 aliphatic heterocycles. The third-order valence-corrected chi connectivity index (χ3v) is 6.22. The van der Waals surface area contributed by atoms with E-state index in [4.69, 9.17) is 21.7 Å². The number of para-hydroxylation sites is 1. The van der Waals surface area contributed by atoms with Crippen molar-refractivity contribution in [3.05, 3.63) is 65.2 Å². The van der Waals surface area contributed by atoms with Gasteiger partial charge in [-0.05, 0) is 24.3 Å². The number of aromatic nitrogens is 1. The van der Waals surface area contributed by atoms with Gasteiger partial charge in [-0.2, -0.15) is 0 Å². The van der Waals surface area contributed by atoms with Crippen LogP contribution in [-0.2, 0) is 11.3 Å². The molecule has 1 saturated heterocycles. The smallest absolute Gasteiger partial charge is 0.265 e. The van der Waals surface area contributed by atoms with E-state index in [2.05, 4.69) is 22.9 Å². The number of hydrogen-bond acceptors (Lipinski definition) is 5. The van der Waals surface area contributed by atoms with Gasteiger partial charge in [0.2, 0.25) is 0 Å². The maximum absolute atomic E-state index is 12.4. The number of amides is 1. The van der Waals surface area contributed by atoms with Gasteiger partial charge in [0.05, 0.1) is 18.6 Å². The van der Waals surface area contributed by atoms with Crippen molar-refractivity contribution in [2.45, 2.75) is 6.54 Å². The van der Waals surface area contributed by atoms with Crippen LogP contribution in [0.25, 0.3) is 17.0 Å². The Balaban J connectivity index is 1.56. The molecule has 0 bridgehead atoms. The number of carbonyl (C=O) groups excluding carboxylic acids is 1. The van der Waals surface area contributed by atoms with E-state index in [1.165, 1.54) is 16.7 Å². The Kier molecular flexibility index (Phi) is 5.60. The average Bonchev–Trinajstić information content (AvgIpc) is 3.21. The molecule has 148 valence electrons. The van der Waals surface area contributed by atoms with Crippen molar-refractivity contribution in [1.82, 2.24) is 9.47 Å². The van der Waals surface area contributed by atoms with Crippen molar-refractivity contribution in [1.29, 1.82) is 0 Å². The quantitative estimate of drug-likeness (QED) is 0.429. The van der Waals surface area contributed by atoms with Crippen molar-refractivity contribution >= 4 is 51.2 Å². The zero-order chi connectivity index (χ0) is 20.4. The number of hydrogen-bond donors (Lipinski definition) is 0. The van der Waals surface area contributed by atoms with Gasteiger partial charge in [-0.3, -0.25) is 9.69 Å². The summed E-state index contributed by atoms with van der Waals surface area (Å²) in [5, 5.41) is 1.09. The minimum absolute atomic E-state index is 0.0572. The Hall–Kier alpha value is -2.77. The molecule has 0 N–H and O–H groups in total. The highest BCUT2D eigenvalue weighted by Crippen LogP contribution is 2.33. The number of fused-ring (bicyclic) bond motifs is 1. The summed E-state index contributed by atoms with van der Waals surface area (Å²) < 4.78 is 13.9. The number of methoxy groups -OCH3 is 1. The fourth-order valence-electron chi connectivity index (χ4n) is 3.21. The number of thiocarbonyl (C=S) groups is 1. The number of benzene rings is 2. The molecule has 1 fully saturated rings. The molecular weight excluding hydrogens is 404 g/mol. The first kappa shape index (κ1) is 19.5. The summed E-state index contributed by atoms with van der Waals surface area (Å²) >= 11 is 6.57. The van der Waals surface area contributed by atoms with E-state index in [0.29, 0.717) is 22.4 Å². The summed E-state index contributed by atoms with van der Waals surface area (Å²) in [4.78, 5) is 14.5. The van der Waals surface area contributed by atoms with Gasteiger partial charge < -0.3 is 14.0 Å². The number of carbonyl (C=O) groups is 1. The molecule has 1 aromatic heterocycles. The van der Waals surface area contributed by atoms with Gasteiger partial charge in [-0.25, -0.2) is 0 Å². The van der Waals surface area contributed by atoms with Crippen LogP contribution in [0.2, 0.25) is 0 Å². The molecule has 1 amide bonds. The SMILES string of the molecule is COc1cccc(OCCn2cc(C=C3SC(=S)N(C)C3=O)c3ccccc32)c1. The normalized spacial score (nSPS) is 15.5. The van der Waals surface area contributed by atoms with Crippen LogP contribution < -0.4 is 9.47 Å². The van der Waals surface area contributed by atoms with Crippen LogP contribution in [0.1, 0.15) is 5.56 Å². The largest absolute Gasteiger partial charge is 0.497 e. The standard InChI is InChI=1S/C22H20N2O3S2/c1-23-21(25)20(29-22(23)28)12-15-14-24(19-9-4-3-8-18(15)19)10-11-27-17-7-5-6-16(13-17)26-2/h3-9,12-14H,10-11H2,1-2H3. The highest BCUT2D eigenvalue weighted by atomic mass is 32.2. The van der Waals surface area contributed by atoms with Gasteiger partial charge in [0.1, 0.15) is 22.4 Å². The van der Waals surface area contributed by atoms with Crippen molar-refractivity contribution in [2.75, 3.05) is 20.8 Å². The van der Waals surface area contributed by atoms with Crippen LogP contribution in [0, 0.1) is 0 Å². The van der Waals surface area contributed by atoms with Gasteiger partial charge in [0, 0.05) is 35.8 Å². The Morgan fingerprint density at radius 1 is 1.14 bits per heavy atom. The lowest BCUT2D eigenvalue weighted by Gasteiger charge is -2.09. The third-order valence-electron chi connectivity index (χ3n) is 4.73. The van der Waals surface area contributed by atoms with Crippen LogP contribution in [-0.4, -0.2) is 40.5 Å². The number of rotatable bonds is 6. The van der Waals surface area contributed by atoms with Crippen LogP contribution in [0.5, 0.6) is 11.5 Å². The summed E-state index contributed by atoms with van der Waals surface area (Å²) in [6.07, 6.45) is 3.98. The lowest BCUT2D eigenvalue weighted by molar-refractivity contribution is -0.121. The van der Waals surface area contributed by atoms with E-state index in [1.54, 1.807) is 14.2 Å². The topological polar surface area (TPSA) is 43.7 Å². The average molecular weight is 425 g/mol. The summed E-state index contributed by atoms with van der Waals surface area (Å²) in [5.41, 5.74) is 2.09. The van der Waals surface area contributed by atoms with Crippen LogP contribution >= 0.6 is 24.0 Å². The minimum Gasteiger partial charge on any atom is -0.497 e. The molecule has 0 unspecified atom stereocenters. The maximum atomic E-state index is 12.4. The molecule has 3 aromatic rings. The zero-order valence-corrected chi connectivity index (χ0v) is 17.8. The molecule has 0 radical (unpaired) electrons. The summed E-state index contributed by atoms with van der Waals surface area (Å²) in [6.45, 7) is 1.20. The highest BCUT2D eigenvalue weighted by molar-refractivity contribution is 8.26. The summed E-state index contributed by atoms with van der Waals surface area (Å²) in [7, 11) is 3.34. The molecule has 4 rings (SSSR count).